The zero-order valence-electron chi connectivity index (χ0n) is 12.7. The molecule has 0 aliphatic heterocycles. The van der Waals surface area contributed by atoms with Crippen LogP contribution >= 0.6 is 0 Å². The summed E-state index contributed by atoms with van der Waals surface area (Å²) in [6.07, 6.45) is 5.42. The van der Waals surface area contributed by atoms with Gasteiger partial charge in [-0.05, 0) is 38.5 Å². The minimum absolute atomic E-state index is 0.389. The van der Waals surface area contributed by atoms with Gasteiger partial charge in [-0.2, -0.15) is 5.10 Å². The SMILES string of the molecule is CCCn1ncc(OC)c1C(O)CC1CC(OCC)C1. The fraction of sp³-hybridized carbons (Fsp3) is 0.800. The largest absolute Gasteiger partial charge is 0.493 e. The number of hydrogen-bond acceptors (Lipinski definition) is 4. The number of hydrogen-bond donors (Lipinski definition) is 1. The van der Waals surface area contributed by atoms with E-state index in [0.29, 0.717) is 17.8 Å². The normalized spacial score (nSPS) is 23.4. The standard InChI is InChI=1S/C15H26N2O3/c1-4-6-17-15(14(19-3)10-16-17)13(18)9-11-7-12(8-11)20-5-2/h10-13,18H,4-9H2,1-3H3. The van der Waals surface area contributed by atoms with Crippen LogP contribution < -0.4 is 4.74 Å². The predicted octanol–water partition coefficient (Wildman–Crippen LogP) is 2.54. The molecule has 1 aliphatic rings. The second kappa shape index (κ2) is 7.09. The van der Waals surface area contributed by atoms with Gasteiger partial charge in [0.15, 0.2) is 5.75 Å². The fourth-order valence-electron chi connectivity index (χ4n) is 2.93. The lowest BCUT2D eigenvalue weighted by molar-refractivity contribution is -0.0388. The minimum atomic E-state index is -0.508. The van der Waals surface area contributed by atoms with E-state index in [9.17, 15) is 5.11 Å². The molecule has 2 rings (SSSR count). The number of ether oxygens (including phenoxy) is 2. The number of nitrogens with zero attached hydrogens (tertiary/aromatic N) is 2. The quantitative estimate of drug-likeness (QED) is 0.796. The fourth-order valence-corrected chi connectivity index (χ4v) is 2.93. The van der Waals surface area contributed by atoms with Gasteiger partial charge in [-0.1, -0.05) is 6.92 Å². The summed E-state index contributed by atoms with van der Waals surface area (Å²) in [5, 5.41) is 14.8. The summed E-state index contributed by atoms with van der Waals surface area (Å²) < 4.78 is 12.7. The molecule has 114 valence electrons. The Kier molecular flexibility index (Phi) is 5.43. The van der Waals surface area contributed by atoms with Crippen LogP contribution in [0.15, 0.2) is 6.20 Å². The number of aliphatic hydroxyl groups excluding tert-OH is 1. The highest BCUT2D eigenvalue weighted by Crippen LogP contribution is 2.38. The molecule has 1 aromatic heterocycles. The molecule has 0 aromatic carbocycles. The Labute approximate surface area is 120 Å². The molecular formula is C15H26N2O3. The third-order valence-electron chi connectivity index (χ3n) is 3.97. The monoisotopic (exact) mass is 282 g/mol. The average molecular weight is 282 g/mol. The smallest absolute Gasteiger partial charge is 0.162 e. The van der Waals surface area contributed by atoms with Crippen LogP contribution in [0.4, 0.5) is 0 Å². The van der Waals surface area contributed by atoms with E-state index < -0.39 is 6.10 Å². The molecule has 1 atom stereocenters. The maximum Gasteiger partial charge on any atom is 0.162 e. The van der Waals surface area contributed by atoms with Crippen molar-refractivity contribution in [1.29, 1.82) is 0 Å². The molecule has 0 radical (unpaired) electrons. The van der Waals surface area contributed by atoms with Gasteiger partial charge in [0.2, 0.25) is 0 Å². The Morgan fingerprint density at radius 2 is 2.20 bits per heavy atom. The van der Waals surface area contributed by atoms with E-state index in [1.165, 1.54) is 0 Å². The predicted molar refractivity (Wildman–Crippen MR) is 76.8 cm³/mol. The minimum Gasteiger partial charge on any atom is -0.493 e. The molecule has 0 bridgehead atoms. The van der Waals surface area contributed by atoms with E-state index in [2.05, 4.69) is 12.0 Å². The number of aromatic nitrogens is 2. The Hall–Kier alpha value is -1.07. The van der Waals surface area contributed by atoms with Crippen molar-refractivity contribution in [1.82, 2.24) is 9.78 Å². The number of rotatable bonds is 8. The first-order chi connectivity index (χ1) is 9.69. The molecule has 20 heavy (non-hydrogen) atoms. The van der Waals surface area contributed by atoms with Crippen molar-refractivity contribution in [3.63, 3.8) is 0 Å². The van der Waals surface area contributed by atoms with E-state index in [-0.39, 0.29) is 0 Å². The van der Waals surface area contributed by atoms with Crippen LogP contribution in [0.3, 0.4) is 0 Å². The zero-order valence-corrected chi connectivity index (χ0v) is 12.7. The van der Waals surface area contributed by atoms with Crippen LogP contribution in [0.5, 0.6) is 5.75 Å². The number of methoxy groups -OCH3 is 1. The number of aryl methyl sites for hydroxylation is 1. The molecule has 1 aromatic rings. The van der Waals surface area contributed by atoms with Crippen molar-refractivity contribution in [2.24, 2.45) is 5.92 Å². The van der Waals surface area contributed by atoms with Crippen LogP contribution in [-0.2, 0) is 11.3 Å². The third-order valence-corrected chi connectivity index (χ3v) is 3.97. The Morgan fingerprint density at radius 3 is 2.80 bits per heavy atom. The van der Waals surface area contributed by atoms with Gasteiger partial charge in [-0.15, -0.1) is 0 Å². The van der Waals surface area contributed by atoms with Gasteiger partial charge in [-0.25, -0.2) is 0 Å². The summed E-state index contributed by atoms with van der Waals surface area (Å²) >= 11 is 0. The first kappa shape index (κ1) is 15.3. The topological polar surface area (TPSA) is 56.5 Å². The second-order valence-corrected chi connectivity index (χ2v) is 5.49. The highest BCUT2D eigenvalue weighted by atomic mass is 16.5. The Balaban J connectivity index is 1.95. The molecule has 5 nitrogen and oxygen atoms in total. The maximum atomic E-state index is 10.5. The van der Waals surface area contributed by atoms with Gasteiger partial charge in [0.1, 0.15) is 5.69 Å². The van der Waals surface area contributed by atoms with Crippen molar-refractivity contribution in [3.05, 3.63) is 11.9 Å². The van der Waals surface area contributed by atoms with Crippen LogP contribution in [0.1, 0.15) is 51.3 Å². The lowest BCUT2D eigenvalue weighted by Crippen LogP contribution is -2.32. The second-order valence-electron chi connectivity index (χ2n) is 5.49. The molecule has 0 spiro atoms. The Morgan fingerprint density at radius 1 is 1.45 bits per heavy atom. The van der Waals surface area contributed by atoms with Gasteiger partial charge in [0.25, 0.3) is 0 Å². The summed E-state index contributed by atoms with van der Waals surface area (Å²) in [5.74, 6) is 1.22. The van der Waals surface area contributed by atoms with E-state index in [4.69, 9.17) is 9.47 Å². The summed E-state index contributed by atoms with van der Waals surface area (Å²) in [5.41, 5.74) is 0.814. The van der Waals surface area contributed by atoms with Crippen molar-refractivity contribution in [2.45, 2.75) is 58.3 Å². The van der Waals surface area contributed by atoms with E-state index in [1.54, 1.807) is 13.3 Å². The first-order valence-corrected chi connectivity index (χ1v) is 7.58. The lowest BCUT2D eigenvalue weighted by atomic mass is 9.78. The van der Waals surface area contributed by atoms with E-state index in [0.717, 1.165) is 44.5 Å². The van der Waals surface area contributed by atoms with Crippen LogP contribution in [0.25, 0.3) is 0 Å². The molecule has 1 aliphatic carbocycles. The lowest BCUT2D eigenvalue weighted by Gasteiger charge is -2.36. The highest BCUT2D eigenvalue weighted by molar-refractivity contribution is 5.27. The van der Waals surface area contributed by atoms with Gasteiger partial charge in [0.05, 0.1) is 25.5 Å². The number of aliphatic hydroxyl groups is 1. The van der Waals surface area contributed by atoms with Gasteiger partial charge in [0, 0.05) is 13.2 Å². The van der Waals surface area contributed by atoms with Gasteiger partial charge < -0.3 is 14.6 Å². The molecule has 1 unspecified atom stereocenters. The van der Waals surface area contributed by atoms with Crippen LogP contribution in [-0.4, -0.2) is 34.7 Å². The summed E-state index contributed by atoms with van der Waals surface area (Å²) in [7, 11) is 1.62. The molecule has 0 saturated heterocycles. The molecule has 1 N–H and O–H groups in total. The third kappa shape index (κ3) is 3.33. The first-order valence-electron chi connectivity index (χ1n) is 7.58. The van der Waals surface area contributed by atoms with Crippen molar-refractivity contribution >= 4 is 0 Å². The van der Waals surface area contributed by atoms with Crippen molar-refractivity contribution in [3.8, 4) is 5.75 Å². The van der Waals surface area contributed by atoms with Gasteiger partial charge in [-0.3, -0.25) is 4.68 Å². The van der Waals surface area contributed by atoms with Crippen molar-refractivity contribution in [2.75, 3.05) is 13.7 Å². The molecule has 0 amide bonds. The van der Waals surface area contributed by atoms with E-state index in [1.807, 2.05) is 11.6 Å². The molecular weight excluding hydrogens is 256 g/mol. The molecule has 1 fully saturated rings. The molecule has 1 saturated carbocycles. The van der Waals surface area contributed by atoms with Crippen LogP contribution in [0.2, 0.25) is 0 Å². The van der Waals surface area contributed by atoms with Gasteiger partial charge >= 0.3 is 0 Å². The summed E-state index contributed by atoms with van der Waals surface area (Å²) in [6.45, 7) is 5.71. The maximum absolute atomic E-state index is 10.5. The molecule has 5 heteroatoms. The molecule has 1 heterocycles. The zero-order chi connectivity index (χ0) is 14.5. The highest BCUT2D eigenvalue weighted by Gasteiger charge is 2.33. The van der Waals surface area contributed by atoms with E-state index >= 15 is 0 Å². The summed E-state index contributed by atoms with van der Waals surface area (Å²) in [4.78, 5) is 0. The van der Waals surface area contributed by atoms with Crippen LogP contribution in [0, 0.1) is 5.92 Å². The average Bonchev–Trinajstić information content (AvgIpc) is 2.79. The summed E-state index contributed by atoms with van der Waals surface area (Å²) in [6, 6.07) is 0. The van der Waals surface area contributed by atoms with Crippen molar-refractivity contribution < 1.29 is 14.6 Å². The Bertz CT molecular complexity index is 413.